The van der Waals surface area contributed by atoms with Crippen LogP contribution >= 0.6 is 0 Å². The normalized spacial score (nSPS) is 10.4. The van der Waals surface area contributed by atoms with Crippen LogP contribution in [0.1, 0.15) is 12.5 Å². The summed E-state index contributed by atoms with van der Waals surface area (Å²) in [6.07, 6.45) is 0. The highest BCUT2D eigenvalue weighted by Crippen LogP contribution is 2.25. The number of carbonyl (C=O) groups excluding carboxylic acids is 1. The number of carbonyl (C=O) groups is 1. The molecule has 0 bridgehead atoms. The lowest BCUT2D eigenvalue weighted by molar-refractivity contribution is -0.131. The van der Waals surface area contributed by atoms with E-state index in [0.29, 0.717) is 12.4 Å². The maximum Gasteiger partial charge on any atom is 0.308 e. The summed E-state index contributed by atoms with van der Waals surface area (Å²) >= 11 is 0. The number of rotatable bonds is 4. The van der Waals surface area contributed by atoms with Gasteiger partial charge in [-0.15, -0.1) is 0 Å². The molecule has 3 nitrogen and oxygen atoms in total. The van der Waals surface area contributed by atoms with Crippen LogP contribution in [0.15, 0.2) is 66.7 Å². The fourth-order valence-electron chi connectivity index (χ4n) is 2.26. The number of ether oxygens (including phenoxy) is 2. The van der Waals surface area contributed by atoms with Crippen LogP contribution in [-0.4, -0.2) is 5.97 Å². The number of esters is 1. The van der Waals surface area contributed by atoms with E-state index in [-0.39, 0.29) is 5.97 Å². The summed E-state index contributed by atoms with van der Waals surface area (Å²) in [6.45, 7) is 1.92. The van der Waals surface area contributed by atoms with Crippen LogP contribution in [0.25, 0.3) is 10.8 Å². The van der Waals surface area contributed by atoms with Gasteiger partial charge in [-0.25, -0.2) is 0 Å². The molecule has 0 N–H and O–H groups in total. The zero-order valence-electron chi connectivity index (χ0n) is 12.3. The van der Waals surface area contributed by atoms with Gasteiger partial charge in [0.05, 0.1) is 0 Å². The van der Waals surface area contributed by atoms with Crippen LogP contribution in [0, 0.1) is 0 Å². The molecule has 0 saturated carbocycles. The minimum absolute atomic E-state index is 0.323. The van der Waals surface area contributed by atoms with E-state index in [9.17, 15) is 4.79 Å². The van der Waals surface area contributed by atoms with Gasteiger partial charge >= 0.3 is 5.97 Å². The van der Waals surface area contributed by atoms with Crippen molar-refractivity contribution in [1.82, 2.24) is 0 Å². The van der Waals surface area contributed by atoms with Crippen LogP contribution in [-0.2, 0) is 11.4 Å². The second-order valence-electron chi connectivity index (χ2n) is 5.04. The van der Waals surface area contributed by atoms with Crippen molar-refractivity contribution in [3.63, 3.8) is 0 Å². The molecule has 0 fully saturated rings. The molecule has 0 aliphatic rings. The van der Waals surface area contributed by atoms with E-state index in [2.05, 4.69) is 0 Å². The molecule has 3 aromatic rings. The Morgan fingerprint density at radius 3 is 2.27 bits per heavy atom. The lowest BCUT2D eigenvalue weighted by Gasteiger charge is -2.08. The van der Waals surface area contributed by atoms with Gasteiger partial charge in [-0.3, -0.25) is 4.79 Å². The van der Waals surface area contributed by atoms with Crippen molar-refractivity contribution in [2.75, 3.05) is 0 Å². The van der Waals surface area contributed by atoms with E-state index < -0.39 is 0 Å². The highest BCUT2D eigenvalue weighted by molar-refractivity contribution is 5.86. The maximum atomic E-state index is 11.0. The Labute approximate surface area is 129 Å². The molecule has 3 aromatic carbocycles. The fraction of sp³-hybridized carbons (Fsp3) is 0.105. The predicted molar refractivity (Wildman–Crippen MR) is 86.0 cm³/mol. The largest absolute Gasteiger partial charge is 0.489 e. The second kappa shape index (κ2) is 6.31. The molecule has 0 unspecified atom stereocenters. The van der Waals surface area contributed by atoms with Gasteiger partial charge in [0.15, 0.2) is 0 Å². The summed E-state index contributed by atoms with van der Waals surface area (Å²) in [5, 5.41) is 2.05. The molecular formula is C19H16O3. The summed E-state index contributed by atoms with van der Waals surface area (Å²) < 4.78 is 10.9. The van der Waals surface area contributed by atoms with Gasteiger partial charge in [-0.2, -0.15) is 0 Å². The second-order valence-corrected chi connectivity index (χ2v) is 5.04. The first-order valence-corrected chi connectivity index (χ1v) is 7.10. The minimum atomic E-state index is -0.323. The van der Waals surface area contributed by atoms with Crippen molar-refractivity contribution in [1.29, 1.82) is 0 Å². The third-order valence-electron chi connectivity index (χ3n) is 3.29. The first-order valence-electron chi connectivity index (χ1n) is 7.10. The Kier molecular flexibility index (Phi) is 4.05. The Balaban J connectivity index is 1.80. The highest BCUT2D eigenvalue weighted by Gasteiger charge is 2.02. The maximum absolute atomic E-state index is 11.0. The van der Waals surface area contributed by atoms with Gasteiger partial charge in [0.2, 0.25) is 0 Å². The van der Waals surface area contributed by atoms with Crippen LogP contribution in [0.2, 0.25) is 0 Å². The number of benzene rings is 3. The molecule has 0 spiro atoms. The first-order chi connectivity index (χ1) is 10.7. The summed E-state index contributed by atoms with van der Waals surface area (Å²) in [5.41, 5.74) is 1.12. The van der Waals surface area contributed by atoms with Gasteiger partial charge in [0.25, 0.3) is 0 Å². The zero-order chi connectivity index (χ0) is 15.4. The van der Waals surface area contributed by atoms with Crippen LogP contribution < -0.4 is 9.47 Å². The van der Waals surface area contributed by atoms with Gasteiger partial charge in [0, 0.05) is 6.92 Å². The van der Waals surface area contributed by atoms with Gasteiger partial charge in [-0.1, -0.05) is 42.5 Å². The number of fused-ring (bicyclic) bond motifs is 1. The third-order valence-corrected chi connectivity index (χ3v) is 3.29. The van der Waals surface area contributed by atoms with Gasteiger partial charge in [0.1, 0.15) is 18.1 Å². The molecule has 110 valence electrons. The average molecular weight is 292 g/mol. The van der Waals surface area contributed by atoms with Crippen LogP contribution in [0.4, 0.5) is 0 Å². The van der Waals surface area contributed by atoms with E-state index >= 15 is 0 Å². The van der Waals surface area contributed by atoms with E-state index in [4.69, 9.17) is 9.47 Å². The van der Waals surface area contributed by atoms with Crippen LogP contribution in [0.5, 0.6) is 11.5 Å². The SMILES string of the molecule is CC(=O)Oc1ccc2ccc(OCc3ccccc3)cc2c1. The Morgan fingerprint density at radius 1 is 0.864 bits per heavy atom. The van der Waals surface area contributed by atoms with Crippen molar-refractivity contribution >= 4 is 16.7 Å². The molecule has 0 atom stereocenters. The summed E-state index contributed by atoms with van der Waals surface area (Å²) in [5.74, 6) is 1.01. The topological polar surface area (TPSA) is 35.5 Å². The molecule has 0 heterocycles. The van der Waals surface area contributed by atoms with E-state index in [1.807, 2.05) is 60.7 Å². The van der Waals surface area contributed by atoms with Crippen molar-refractivity contribution in [2.45, 2.75) is 13.5 Å². The summed E-state index contributed by atoms with van der Waals surface area (Å²) in [4.78, 5) is 11.0. The predicted octanol–water partition coefficient (Wildman–Crippen LogP) is 4.34. The number of hydrogen-bond donors (Lipinski definition) is 0. The molecule has 3 heteroatoms. The highest BCUT2D eigenvalue weighted by atomic mass is 16.5. The van der Waals surface area contributed by atoms with Crippen molar-refractivity contribution in [2.24, 2.45) is 0 Å². The zero-order valence-corrected chi connectivity index (χ0v) is 12.3. The quantitative estimate of drug-likeness (QED) is 0.530. The van der Waals surface area contributed by atoms with Crippen molar-refractivity contribution < 1.29 is 14.3 Å². The van der Waals surface area contributed by atoms with E-state index in [1.165, 1.54) is 6.92 Å². The smallest absolute Gasteiger partial charge is 0.308 e. The Morgan fingerprint density at radius 2 is 1.55 bits per heavy atom. The molecule has 0 amide bonds. The summed E-state index contributed by atoms with van der Waals surface area (Å²) in [6, 6.07) is 21.5. The first kappa shape index (κ1) is 14.1. The van der Waals surface area contributed by atoms with E-state index in [1.54, 1.807) is 6.07 Å². The third kappa shape index (κ3) is 3.44. The molecule has 22 heavy (non-hydrogen) atoms. The average Bonchev–Trinajstić information content (AvgIpc) is 2.53. The molecule has 0 aliphatic heterocycles. The van der Waals surface area contributed by atoms with Crippen LogP contribution in [0.3, 0.4) is 0 Å². The van der Waals surface area contributed by atoms with Crippen molar-refractivity contribution in [3.05, 3.63) is 72.3 Å². The fourth-order valence-corrected chi connectivity index (χ4v) is 2.26. The monoisotopic (exact) mass is 292 g/mol. The van der Waals surface area contributed by atoms with E-state index in [0.717, 1.165) is 22.1 Å². The molecule has 0 aliphatic carbocycles. The Bertz CT molecular complexity index is 794. The van der Waals surface area contributed by atoms with Gasteiger partial charge < -0.3 is 9.47 Å². The molecular weight excluding hydrogens is 276 g/mol. The molecule has 0 aromatic heterocycles. The standard InChI is InChI=1S/C19H16O3/c1-14(20)22-19-10-8-16-7-9-18(11-17(16)12-19)21-13-15-5-3-2-4-6-15/h2-12H,13H2,1H3. The van der Waals surface area contributed by atoms with Gasteiger partial charge in [-0.05, 0) is 40.6 Å². The number of hydrogen-bond acceptors (Lipinski definition) is 3. The molecule has 3 rings (SSSR count). The summed E-state index contributed by atoms with van der Waals surface area (Å²) in [7, 11) is 0. The molecule has 0 saturated heterocycles. The lowest BCUT2D eigenvalue weighted by atomic mass is 10.1. The van der Waals surface area contributed by atoms with Crippen molar-refractivity contribution in [3.8, 4) is 11.5 Å². The lowest BCUT2D eigenvalue weighted by Crippen LogP contribution is -2.01. The molecule has 0 radical (unpaired) electrons. The minimum Gasteiger partial charge on any atom is -0.489 e. The Hall–Kier alpha value is -2.81.